The Morgan fingerprint density at radius 2 is 1.68 bits per heavy atom. The molecule has 2 rings (SSSR count). The lowest BCUT2D eigenvalue weighted by atomic mass is 9.96. The standard InChI is InChI=1S/C19H21NO2/c21-14-13-18(17-9-5-2-6-10-17)15-20-19(22)12-11-16-7-3-1-4-8-16/h1-12,18,21H,13-15H2,(H,20,22)/b12-11+. The van der Waals surface area contributed by atoms with Crippen molar-refractivity contribution in [3.05, 3.63) is 77.9 Å². The molecule has 0 heterocycles. The predicted molar refractivity (Wildman–Crippen MR) is 89.4 cm³/mol. The molecule has 2 aromatic carbocycles. The average Bonchev–Trinajstić information content (AvgIpc) is 2.58. The van der Waals surface area contributed by atoms with Crippen LogP contribution in [-0.4, -0.2) is 24.2 Å². The number of nitrogens with one attached hydrogen (secondary N) is 1. The summed E-state index contributed by atoms with van der Waals surface area (Å²) in [4.78, 5) is 11.9. The van der Waals surface area contributed by atoms with Crippen molar-refractivity contribution in [2.75, 3.05) is 13.2 Å². The number of hydrogen-bond acceptors (Lipinski definition) is 2. The number of hydrogen-bond donors (Lipinski definition) is 2. The first-order valence-corrected chi connectivity index (χ1v) is 7.46. The maximum absolute atomic E-state index is 11.9. The van der Waals surface area contributed by atoms with E-state index >= 15 is 0 Å². The van der Waals surface area contributed by atoms with Crippen molar-refractivity contribution >= 4 is 12.0 Å². The molecular weight excluding hydrogens is 274 g/mol. The molecule has 0 aliphatic rings. The number of rotatable bonds is 7. The third-order valence-electron chi connectivity index (χ3n) is 3.50. The fourth-order valence-corrected chi connectivity index (χ4v) is 2.29. The third kappa shape index (κ3) is 5.19. The monoisotopic (exact) mass is 295 g/mol. The van der Waals surface area contributed by atoms with Crippen LogP contribution in [-0.2, 0) is 4.79 Å². The molecule has 1 unspecified atom stereocenters. The number of aliphatic hydroxyl groups excluding tert-OH is 1. The van der Waals surface area contributed by atoms with Crippen LogP contribution in [0, 0.1) is 0 Å². The minimum atomic E-state index is -0.122. The predicted octanol–water partition coefficient (Wildman–Crippen LogP) is 2.98. The van der Waals surface area contributed by atoms with Gasteiger partial charge in [-0.3, -0.25) is 4.79 Å². The van der Waals surface area contributed by atoms with E-state index in [-0.39, 0.29) is 18.4 Å². The molecule has 3 heteroatoms. The first-order chi connectivity index (χ1) is 10.8. The molecule has 0 aliphatic carbocycles. The van der Waals surface area contributed by atoms with E-state index in [0.717, 1.165) is 11.1 Å². The van der Waals surface area contributed by atoms with E-state index in [9.17, 15) is 9.90 Å². The third-order valence-corrected chi connectivity index (χ3v) is 3.50. The number of amides is 1. The summed E-state index contributed by atoms with van der Waals surface area (Å²) in [5.74, 6) is 0.00278. The van der Waals surface area contributed by atoms with Crippen LogP contribution in [0.3, 0.4) is 0 Å². The first kappa shape index (κ1) is 16.0. The van der Waals surface area contributed by atoms with Crippen molar-refractivity contribution in [3.8, 4) is 0 Å². The van der Waals surface area contributed by atoms with Crippen molar-refractivity contribution < 1.29 is 9.90 Å². The van der Waals surface area contributed by atoms with E-state index in [1.165, 1.54) is 6.08 Å². The Hall–Kier alpha value is -2.39. The molecule has 3 nitrogen and oxygen atoms in total. The summed E-state index contributed by atoms with van der Waals surface area (Å²) in [6.07, 6.45) is 3.96. The summed E-state index contributed by atoms with van der Waals surface area (Å²) in [5, 5.41) is 12.1. The van der Waals surface area contributed by atoms with Gasteiger partial charge in [-0.15, -0.1) is 0 Å². The molecular formula is C19H21NO2. The van der Waals surface area contributed by atoms with Gasteiger partial charge in [0, 0.05) is 25.1 Å². The van der Waals surface area contributed by atoms with Gasteiger partial charge >= 0.3 is 0 Å². The van der Waals surface area contributed by atoms with Crippen LogP contribution >= 0.6 is 0 Å². The molecule has 0 bridgehead atoms. The molecule has 0 fully saturated rings. The summed E-state index contributed by atoms with van der Waals surface area (Å²) in [5.41, 5.74) is 2.12. The lowest BCUT2D eigenvalue weighted by molar-refractivity contribution is -0.116. The zero-order valence-electron chi connectivity index (χ0n) is 12.5. The van der Waals surface area contributed by atoms with E-state index < -0.39 is 0 Å². The second kappa shape index (κ2) is 8.80. The van der Waals surface area contributed by atoms with Gasteiger partial charge in [0.25, 0.3) is 0 Å². The van der Waals surface area contributed by atoms with Gasteiger partial charge in [-0.05, 0) is 23.6 Å². The molecule has 1 amide bonds. The Labute approximate surface area is 131 Å². The fraction of sp³-hybridized carbons (Fsp3) is 0.211. The number of carbonyl (C=O) groups excluding carboxylic acids is 1. The highest BCUT2D eigenvalue weighted by Gasteiger charge is 2.11. The number of benzene rings is 2. The smallest absolute Gasteiger partial charge is 0.244 e. The molecule has 114 valence electrons. The zero-order chi connectivity index (χ0) is 15.6. The van der Waals surface area contributed by atoms with Crippen LogP contribution < -0.4 is 5.32 Å². The average molecular weight is 295 g/mol. The summed E-state index contributed by atoms with van der Waals surface area (Å²) >= 11 is 0. The van der Waals surface area contributed by atoms with Gasteiger partial charge in [-0.25, -0.2) is 0 Å². The highest BCUT2D eigenvalue weighted by molar-refractivity contribution is 5.91. The van der Waals surface area contributed by atoms with Gasteiger partial charge in [0.2, 0.25) is 5.91 Å². The molecule has 0 spiro atoms. The SMILES string of the molecule is O=C(/C=C/c1ccccc1)NCC(CCO)c1ccccc1. The molecule has 0 saturated carbocycles. The molecule has 0 aliphatic heterocycles. The van der Waals surface area contributed by atoms with Gasteiger partial charge in [0.05, 0.1) is 0 Å². The van der Waals surface area contributed by atoms with Gasteiger partial charge in [0.1, 0.15) is 0 Å². The van der Waals surface area contributed by atoms with E-state index in [1.807, 2.05) is 60.7 Å². The molecule has 1 atom stereocenters. The Balaban J connectivity index is 1.89. The first-order valence-electron chi connectivity index (χ1n) is 7.46. The second-order valence-corrected chi connectivity index (χ2v) is 5.11. The Morgan fingerprint density at radius 3 is 2.32 bits per heavy atom. The Bertz CT molecular complexity index is 593. The minimum absolute atomic E-state index is 0.106. The van der Waals surface area contributed by atoms with Crippen LogP contribution in [0.5, 0.6) is 0 Å². The topological polar surface area (TPSA) is 49.3 Å². The van der Waals surface area contributed by atoms with Crippen molar-refractivity contribution in [1.29, 1.82) is 0 Å². The molecule has 0 radical (unpaired) electrons. The molecule has 0 aromatic heterocycles. The van der Waals surface area contributed by atoms with Crippen molar-refractivity contribution in [1.82, 2.24) is 5.32 Å². The van der Waals surface area contributed by atoms with E-state index in [0.29, 0.717) is 13.0 Å². The van der Waals surface area contributed by atoms with Crippen molar-refractivity contribution in [2.45, 2.75) is 12.3 Å². The normalized spacial score (nSPS) is 12.2. The van der Waals surface area contributed by atoms with Crippen LogP contribution in [0.2, 0.25) is 0 Å². The molecule has 2 N–H and O–H groups in total. The minimum Gasteiger partial charge on any atom is -0.396 e. The maximum atomic E-state index is 11.9. The lowest BCUT2D eigenvalue weighted by Gasteiger charge is -2.16. The summed E-state index contributed by atoms with van der Waals surface area (Å²) in [7, 11) is 0. The quantitative estimate of drug-likeness (QED) is 0.772. The maximum Gasteiger partial charge on any atom is 0.244 e. The summed E-state index contributed by atoms with van der Waals surface area (Å²) in [6, 6.07) is 19.6. The Kier molecular flexibility index (Phi) is 6.39. The highest BCUT2D eigenvalue weighted by Crippen LogP contribution is 2.18. The van der Waals surface area contributed by atoms with E-state index in [2.05, 4.69) is 5.32 Å². The number of carbonyl (C=O) groups is 1. The van der Waals surface area contributed by atoms with Crippen LogP contribution in [0.4, 0.5) is 0 Å². The molecule has 22 heavy (non-hydrogen) atoms. The van der Waals surface area contributed by atoms with Crippen LogP contribution in [0.1, 0.15) is 23.5 Å². The number of aliphatic hydroxyl groups is 1. The lowest BCUT2D eigenvalue weighted by Crippen LogP contribution is -2.27. The van der Waals surface area contributed by atoms with Crippen LogP contribution in [0.25, 0.3) is 6.08 Å². The summed E-state index contributed by atoms with van der Waals surface area (Å²) in [6.45, 7) is 0.623. The van der Waals surface area contributed by atoms with Crippen molar-refractivity contribution in [3.63, 3.8) is 0 Å². The highest BCUT2D eigenvalue weighted by atomic mass is 16.3. The van der Waals surface area contributed by atoms with E-state index in [1.54, 1.807) is 6.08 Å². The Morgan fingerprint density at radius 1 is 1.05 bits per heavy atom. The van der Waals surface area contributed by atoms with Gasteiger partial charge in [0.15, 0.2) is 0 Å². The second-order valence-electron chi connectivity index (χ2n) is 5.11. The van der Waals surface area contributed by atoms with Crippen molar-refractivity contribution in [2.24, 2.45) is 0 Å². The van der Waals surface area contributed by atoms with Gasteiger partial charge in [-0.1, -0.05) is 60.7 Å². The molecule has 2 aromatic rings. The van der Waals surface area contributed by atoms with E-state index in [4.69, 9.17) is 0 Å². The van der Waals surface area contributed by atoms with Gasteiger partial charge < -0.3 is 10.4 Å². The van der Waals surface area contributed by atoms with Gasteiger partial charge in [-0.2, -0.15) is 0 Å². The zero-order valence-corrected chi connectivity index (χ0v) is 12.5. The summed E-state index contributed by atoms with van der Waals surface area (Å²) < 4.78 is 0. The largest absolute Gasteiger partial charge is 0.396 e. The fourth-order valence-electron chi connectivity index (χ4n) is 2.29. The molecule has 0 saturated heterocycles. The van der Waals surface area contributed by atoms with Crippen LogP contribution in [0.15, 0.2) is 66.7 Å².